The van der Waals surface area contributed by atoms with Gasteiger partial charge in [0.15, 0.2) is 5.89 Å². The number of hydrogen-bond donors (Lipinski definition) is 1. The smallest absolute Gasteiger partial charge is 0.197 e. The minimum atomic E-state index is 0.290. The molecule has 0 unspecified atom stereocenters. The van der Waals surface area contributed by atoms with Crippen LogP contribution in [-0.4, -0.2) is 9.97 Å². The first-order valence-electron chi connectivity index (χ1n) is 5.84. The summed E-state index contributed by atoms with van der Waals surface area (Å²) >= 11 is 0. The second-order valence-electron chi connectivity index (χ2n) is 3.70. The van der Waals surface area contributed by atoms with Crippen molar-refractivity contribution < 1.29 is 4.42 Å². The lowest BCUT2D eigenvalue weighted by Gasteiger charge is -1.97. The molecule has 0 bridgehead atoms. The Morgan fingerprint density at radius 3 is 2.53 bits per heavy atom. The largest absolute Gasteiger partial charge is 0.448 e. The minimum absolute atomic E-state index is 0.290. The molecule has 0 radical (unpaired) electrons. The van der Waals surface area contributed by atoms with Gasteiger partial charge in [0.1, 0.15) is 17.8 Å². The van der Waals surface area contributed by atoms with Crippen LogP contribution in [0.25, 0.3) is 11.3 Å². The van der Waals surface area contributed by atoms with E-state index in [1.807, 2.05) is 33.8 Å². The van der Waals surface area contributed by atoms with Crippen LogP contribution in [0.2, 0.25) is 0 Å². The Morgan fingerprint density at radius 2 is 2.00 bits per heavy atom. The number of nitrogens with zero attached hydrogens (tertiary/aromatic N) is 2. The van der Waals surface area contributed by atoms with Crippen LogP contribution in [0.5, 0.6) is 0 Å². The molecule has 2 rings (SSSR count). The summed E-state index contributed by atoms with van der Waals surface area (Å²) in [5, 5.41) is 0. The zero-order chi connectivity index (χ0) is 12.8. The van der Waals surface area contributed by atoms with Crippen LogP contribution in [0.4, 0.5) is 5.82 Å². The zero-order valence-corrected chi connectivity index (χ0v) is 10.8. The van der Waals surface area contributed by atoms with Crippen LogP contribution in [0.3, 0.4) is 0 Å². The Balaban J connectivity index is 0.000000686. The first-order valence-corrected chi connectivity index (χ1v) is 5.84. The molecule has 92 valence electrons. The van der Waals surface area contributed by atoms with Gasteiger partial charge in [0, 0.05) is 17.7 Å². The van der Waals surface area contributed by atoms with Crippen molar-refractivity contribution in [1.82, 2.24) is 9.97 Å². The topological polar surface area (TPSA) is 64.9 Å². The molecular formula is C13H19N3O. The molecule has 4 nitrogen and oxygen atoms in total. The normalized spacial score (nSPS) is 9.94. The highest BCUT2D eigenvalue weighted by atomic mass is 16.3. The molecule has 2 N–H and O–H groups in total. The summed E-state index contributed by atoms with van der Waals surface area (Å²) in [6.07, 6.45) is 3.30. The Morgan fingerprint density at radius 1 is 1.29 bits per heavy atom. The molecular weight excluding hydrogens is 214 g/mol. The molecule has 0 saturated heterocycles. The fourth-order valence-electron chi connectivity index (χ4n) is 1.29. The van der Waals surface area contributed by atoms with Crippen molar-refractivity contribution in [2.75, 3.05) is 5.73 Å². The maximum absolute atomic E-state index is 5.59. The van der Waals surface area contributed by atoms with Gasteiger partial charge in [-0.3, -0.25) is 0 Å². The summed E-state index contributed by atoms with van der Waals surface area (Å²) in [5.74, 6) is 1.51. The quantitative estimate of drug-likeness (QED) is 0.862. The maximum atomic E-state index is 5.59. The predicted octanol–water partition coefficient (Wildman–Crippen LogP) is 3.47. The van der Waals surface area contributed by atoms with E-state index in [0.29, 0.717) is 5.82 Å². The van der Waals surface area contributed by atoms with E-state index < -0.39 is 0 Å². The van der Waals surface area contributed by atoms with Gasteiger partial charge in [-0.15, -0.1) is 0 Å². The predicted molar refractivity (Wildman–Crippen MR) is 69.6 cm³/mol. The van der Waals surface area contributed by atoms with Gasteiger partial charge in [-0.05, 0) is 12.1 Å². The van der Waals surface area contributed by atoms with Gasteiger partial charge in [0.25, 0.3) is 0 Å². The molecule has 0 aromatic carbocycles. The fraction of sp³-hybridized carbons (Fsp3) is 0.385. The molecule has 2 heterocycles. The fourth-order valence-corrected chi connectivity index (χ4v) is 1.29. The highest BCUT2D eigenvalue weighted by molar-refractivity contribution is 5.60. The summed E-state index contributed by atoms with van der Waals surface area (Å²) in [7, 11) is 0. The lowest BCUT2D eigenvalue weighted by atomic mass is 10.2. The van der Waals surface area contributed by atoms with Crippen LogP contribution >= 0.6 is 0 Å². The number of nitrogens with two attached hydrogens (primary N) is 1. The Labute approximate surface area is 102 Å². The third-order valence-electron chi connectivity index (χ3n) is 2.09. The van der Waals surface area contributed by atoms with E-state index in [4.69, 9.17) is 10.2 Å². The summed E-state index contributed by atoms with van der Waals surface area (Å²) in [6.45, 7) is 8.08. The van der Waals surface area contributed by atoms with E-state index in [0.717, 1.165) is 17.1 Å². The number of oxazole rings is 1. The number of aromatic nitrogens is 2. The summed E-state index contributed by atoms with van der Waals surface area (Å²) in [4.78, 5) is 8.30. The number of pyridine rings is 1. The highest BCUT2D eigenvalue weighted by Crippen LogP contribution is 2.22. The molecule has 0 fully saturated rings. The SMILES string of the molecule is CC.CC(C)c1nc(-c2ccnc(N)c2)co1. The molecule has 2 aromatic rings. The standard InChI is InChI=1S/C11H13N3O.C2H6/c1-7(2)11-14-9(6-15-11)8-3-4-13-10(12)5-8;1-2/h3-7H,1-2H3,(H2,12,13);1-2H3. The van der Waals surface area contributed by atoms with Crippen LogP contribution in [0.1, 0.15) is 39.5 Å². The van der Waals surface area contributed by atoms with E-state index in [9.17, 15) is 0 Å². The first kappa shape index (κ1) is 13.2. The Bertz CT molecular complexity index is 463. The van der Waals surface area contributed by atoms with Crippen LogP contribution in [-0.2, 0) is 0 Å². The van der Waals surface area contributed by atoms with Crippen LogP contribution < -0.4 is 5.73 Å². The van der Waals surface area contributed by atoms with E-state index in [-0.39, 0.29) is 5.92 Å². The van der Waals surface area contributed by atoms with Gasteiger partial charge in [0.05, 0.1) is 0 Å². The van der Waals surface area contributed by atoms with Gasteiger partial charge in [-0.2, -0.15) is 0 Å². The minimum Gasteiger partial charge on any atom is -0.448 e. The van der Waals surface area contributed by atoms with Gasteiger partial charge < -0.3 is 10.2 Å². The van der Waals surface area contributed by atoms with Crippen molar-refractivity contribution in [3.63, 3.8) is 0 Å². The number of nitrogen functional groups attached to an aromatic ring is 1. The van der Waals surface area contributed by atoms with Gasteiger partial charge >= 0.3 is 0 Å². The number of hydrogen-bond acceptors (Lipinski definition) is 4. The second kappa shape index (κ2) is 6.03. The van der Waals surface area contributed by atoms with Crippen molar-refractivity contribution in [2.24, 2.45) is 0 Å². The highest BCUT2D eigenvalue weighted by Gasteiger charge is 2.09. The summed E-state index contributed by atoms with van der Waals surface area (Å²) in [5.41, 5.74) is 7.32. The molecule has 0 aliphatic heterocycles. The molecule has 0 aliphatic carbocycles. The maximum Gasteiger partial charge on any atom is 0.197 e. The van der Waals surface area contributed by atoms with Gasteiger partial charge in [-0.1, -0.05) is 27.7 Å². The van der Waals surface area contributed by atoms with E-state index in [1.165, 1.54) is 0 Å². The third kappa shape index (κ3) is 3.31. The number of anilines is 1. The monoisotopic (exact) mass is 233 g/mol. The summed E-state index contributed by atoms with van der Waals surface area (Å²) in [6, 6.07) is 3.64. The molecule has 2 aromatic heterocycles. The third-order valence-corrected chi connectivity index (χ3v) is 2.09. The van der Waals surface area contributed by atoms with Gasteiger partial charge in [-0.25, -0.2) is 9.97 Å². The molecule has 4 heteroatoms. The number of rotatable bonds is 2. The molecule has 0 amide bonds. The lowest BCUT2D eigenvalue weighted by Crippen LogP contribution is -1.90. The zero-order valence-electron chi connectivity index (χ0n) is 10.8. The molecule has 17 heavy (non-hydrogen) atoms. The average molecular weight is 233 g/mol. The first-order chi connectivity index (χ1) is 8.16. The van der Waals surface area contributed by atoms with E-state index in [2.05, 4.69) is 9.97 Å². The van der Waals surface area contributed by atoms with Crippen LogP contribution in [0, 0.1) is 0 Å². The average Bonchev–Trinajstić information content (AvgIpc) is 2.81. The molecule has 0 aliphatic rings. The molecule has 0 spiro atoms. The molecule has 0 saturated carbocycles. The van der Waals surface area contributed by atoms with Crippen LogP contribution in [0.15, 0.2) is 29.0 Å². The van der Waals surface area contributed by atoms with Gasteiger partial charge in [0.2, 0.25) is 0 Å². The lowest BCUT2D eigenvalue weighted by molar-refractivity contribution is 0.471. The second-order valence-corrected chi connectivity index (χ2v) is 3.70. The van der Waals surface area contributed by atoms with Crippen molar-refractivity contribution >= 4 is 5.82 Å². The van der Waals surface area contributed by atoms with Crippen molar-refractivity contribution in [2.45, 2.75) is 33.6 Å². The van der Waals surface area contributed by atoms with E-state index >= 15 is 0 Å². The van der Waals surface area contributed by atoms with E-state index in [1.54, 1.807) is 18.5 Å². The Kier molecular flexibility index (Phi) is 4.69. The van der Waals surface area contributed by atoms with Crippen molar-refractivity contribution in [3.05, 3.63) is 30.5 Å². The Hall–Kier alpha value is -1.84. The van der Waals surface area contributed by atoms with Crippen molar-refractivity contribution in [3.8, 4) is 11.3 Å². The molecule has 0 atom stereocenters. The van der Waals surface area contributed by atoms with Crippen molar-refractivity contribution in [1.29, 1.82) is 0 Å². The summed E-state index contributed by atoms with van der Waals surface area (Å²) < 4.78 is 5.35.